The molecule has 1 aromatic rings. The number of hydrogen-bond donors (Lipinski definition) is 2. The van der Waals surface area contributed by atoms with Gasteiger partial charge >= 0.3 is 0 Å². The van der Waals surface area contributed by atoms with Crippen molar-refractivity contribution in [1.29, 1.82) is 0 Å². The van der Waals surface area contributed by atoms with Crippen molar-refractivity contribution in [3.63, 3.8) is 0 Å². The van der Waals surface area contributed by atoms with Crippen LogP contribution in [0.4, 0.5) is 0 Å². The second-order valence-electron chi connectivity index (χ2n) is 5.33. The molecule has 4 nitrogen and oxygen atoms in total. The van der Waals surface area contributed by atoms with Crippen molar-refractivity contribution in [2.75, 3.05) is 19.6 Å². The summed E-state index contributed by atoms with van der Waals surface area (Å²) in [6.45, 7) is 7.54. The summed E-state index contributed by atoms with van der Waals surface area (Å²) in [5, 5.41) is 12.2. The molecule has 118 valence electrons. The predicted molar refractivity (Wildman–Crippen MR) is 85.9 cm³/mol. The van der Waals surface area contributed by atoms with Crippen LogP contribution < -0.4 is 5.32 Å². The normalized spacial score (nSPS) is 12.4. The highest BCUT2D eigenvalue weighted by Gasteiger charge is 2.11. The van der Waals surface area contributed by atoms with Crippen molar-refractivity contribution in [3.8, 4) is 0 Å². The molecule has 1 rings (SSSR count). The van der Waals surface area contributed by atoms with Crippen LogP contribution in [0.2, 0.25) is 0 Å². The number of aliphatic hydroxyl groups is 1. The van der Waals surface area contributed by atoms with E-state index in [2.05, 4.69) is 41.4 Å². The fourth-order valence-electron chi connectivity index (χ4n) is 2.25. The summed E-state index contributed by atoms with van der Waals surface area (Å²) in [5.74, 6) is -0.261. The lowest BCUT2D eigenvalue weighted by molar-refractivity contribution is -0.129. The van der Waals surface area contributed by atoms with E-state index in [-0.39, 0.29) is 5.91 Å². The molecule has 0 aromatic heterocycles. The van der Waals surface area contributed by atoms with Crippen LogP contribution >= 0.6 is 0 Å². The van der Waals surface area contributed by atoms with Crippen molar-refractivity contribution in [1.82, 2.24) is 10.2 Å². The molecule has 0 spiro atoms. The summed E-state index contributed by atoms with van der Waals surface area (Å²) >= 11 is 0. The van der Waals surface area contributed by atoms with E-state index in [1.54, 1.807) is 6.92 Å². The molecule has 0 fully saturated rings. The standard InChI is InChI=1S/C17H28N2O2/c1-3-12-19(14-15-9-6-5-7-10-15)13-8-11-18-17(21)16(20)4-2/h5-7,9-10,16,20H,3-4,8,11-14H2,1-2H3,(H,18,21). The summed E-state index contributed by atoms with van der Waals surface area (Å²) < 4.78 is 0. The maximum absolute atomic E-state index is 11.5. The molecule has 0 aliphatic rings. The molecule has 1 atom stereocenters. The molecule has 0 saturated heterocycles. The Morgan fingerprint density at radius 3 is 2.57 bits per heavy atom. The van der Waals surface area contributed by atoms with E-state index in [9.17, 15) is 9.90 Å². The van der Waals surface area contributed by atoms with E-state index < -0.39 is 6.10 Å². The summed E-state index contributed by atoms with van der Waals surface area (Å²) in [6, 6.07) is 10.4. The van der Waals surface area contributed by atoms with Crippen LogP contribution in [0.15, 0.2) is 30.3 Å². The fourth-order valence-corrected chi connectivity index (χ4v) is 2.25. The number of carbonyl (C=O) groups is 1. The second-order valence-corrected chi connectivity index (χ2v) is 5.33. The van der Waals surface area contributed by atoms with Gasteiger partial charge in [0.2, 0.25) is 5.91 Å². The summed E-state index contributed by atoms with van der Waals surface area (Å²) in [4.78, 5) is 13.9. The number of nitrogens with zero attached hydrogens (tertiary/aromatic N) is 1. The first-order valence-corrected chi connectivity index (χ1v) is 7.89. The Labute approximate surface area is 128 Å². The van der Waals surface area contributed by atoms with Gasteiger partial charge in [-0.25, -0.2) is 0 Å². The number of benzene rings is 1. The van der Waals surface area contributed by atoms with Crippen LogP contribution in [0.1, 0.15) is 38.7 Å². The van der Waals surface area contributed by atoms with Gasteiger partial charge < -0.3 is 10.4 Å². The van der Waals surface area contributed by atoms with Crippen LogP contribution in [0.3, 0.4) is 0 Å². The van der Waals surface area contributed by atoms with E-state index in [1.807, 2.05) is 6.07 Å². The van der Waals surface area contributed by atoms with Gasteiger partial charge in [0.1, 0.15) is 6.10 Å². The summed E-state index contributed by atoms with van der Waals surface area (Å²) in [5.41, 5.74) is 1.32. The number of amides is 1. The fraction of sp³-hybridized carbons (Fsp3) is 0.588. The first-order valence-electron chi connectivity index (χ1n) is 7.89. The Kier molecular flexibility index (Phi) is 8.71. The minimum atomic E-state index is -0.874. The molecule has 0 heterocycles. The third-order valence-corrected chi connectivity index (χ3v) is 3.43. The molecule has 0 radical (unpaired) electrons. The Balaban J connectivity index is 2.30. The molecule has 0 saturated carbocycles. The molecule has 2 N–H and O–H groups in total. The van der Waals surface area contributed by atoms with Crippen LogP contribution in [-0.2, 0) is 11.3 Å². The van der Waals surface area contributed by atoms with Gasteiger partial charge in [0.15, 0.2) is 0 Å². The molecule has 0 bridgehead atoms. The molecule has 1 unspecified atom stereocenters. The highest BCUT2D eigenvalue weighted by molar-refractivity contribution is 5.80. The maximum Gasteiger partial charge on any atom is 0.248 e. The molecular weight excluding hydrogens is 264 g/mol. The lowest BCUT2D eigenvalue weighted by Gasteiger charge is -2.22. The lowest BCUT2D eigenvalue weighted by Crippen LogP contribution is -2.36. The molecular formula is C17H28N2O2. The van der Waals surface area contributed by atoms with Crippen LogP contribution in [0.25, 0.3) is 0 Å². The number of hydrogen-bond acceptors (Lipinski definition) is 3. The van der Waals surface area contributed by atoms with E-state index in [0.29, 0.717) is 13.0 Å². The average Bonchev–Trinajstić information content (AvgIpc) is 2.51. The first-order chi connectivity index (χ1) is 10.2. The van der Waals surface area contributed by atoms with Gasteiger partial charge in [0.05, 0.1) is 0 Å². The zero-order valence-corrected chi connectivity index (χ0v) is 13.2. The minimum Gasteiger partial charge on any atom is -0.383 e. The second kappa shape index (κ2) is 10.4. The maximum atomic E-state index is 11.5. The smallest absolute Gasteiger partial charge is 0.248 e. The van der Waals surface area contributed by atoms with E-state index >= 15 is 0 Å². The van der Waals surface area contributed by atoms with Gasteiger partial charge in [-0.05, 0) is 31.4 Å². The van der Waals surface area contributed by atoms with Crippen molar-refractivity contribution < 1.29 is 9.90 Å². The summed E-state index contributed by atoms with van der Waals surface area (Å²) in [7, 11) is 0. The highest BCUT2D eigenvalue weighted by atomic mass is 16.3. The van der Waals surface area contributed by atoms with Gasteiger partial charge in [-0.15, -0.1) is 0 Å². The van der Waals surface area contributed by atoms with Gasteiger partial charge in [-0.2, -0.15) is 0 Å². The Hall–Kier alpha value is -1.39. The molecule has 0 aliphatic heterocycles. The Morgan fingerprint density at radius 2 is 1.95 bits per heavy atom. The van der Waals surface area contributed by atoms with E-state index in [1.165, 1.54) is 5.56 Å². The number of rotatable bonds is 10. The van der Waals surface area contributed by atoms with Crippen LogP contribution in [-0.4, -0.2) is 41.7 Å². The van der Waals surface area contributed by atoms with Crippen LogP contribution in [0.5, 0.6) is 0 Å². The predicted octanol–water partition coefficient (Wildman–Crippen LogP) is 2.18. The van der Waals surface area contributed by atoms with Crippen molar-refractivity contribution in [2.45, 2.75) is 45.8 Å². The molecule has 0 aliphatic carbocycles. The number of aliphatic hydroxyl groups excluding tert-OH is 1. The minimum absolute atomic E-state index is 0.261. The van der Waals surface area contributed by atoms with Crippen molar-refractivity contribution in [3.05, 3.63) is 35.9 Å². The van der Waals surface area contributed by atoms with Crippen LogP contribution in [0, 0.1) is 0 Å². The third kappa shape index (κ3) is 7.25. The zero-order chi connectivity index (χ0) is 15.5. The number of carbonyl (C=O) groups excluding carboxylic acids is 1. The topological polar surface area (TPSA) is 52.6 Å². The Bertz CT molecular complexity index is 395. The van der Waals surface area contributed by atoms with Crippen molar-refractivity contribution in [2.24, 2.45) is 0 Å². The number of nitrogens with one attached hydrogen (secondary N) is 1. The monoisotopic (exact) mass is 292 g/mol. The SMILES string of the molecule is CCCN(CCCNC(=O)C(O)CC)Cc1ccccc1. The van der Waals surface area contributed by atoms with Gasteiger partial charge in [-0.3, -0.25) is 9.69 Å². The Morgan fingerprint density at radius 1 is 1.24 bits per heavy atom. The third-order valence-electron chi connectivity index (χ3n) is 3.43. The summed E-state index contributed by atoms with van der Waals surface area (Å²) in [6.07, 6.45) is 1.60. The average molecular weight is 292 g/mol. The lowest BCUT2D eigenvalue weighted by atomic mass is 10.2. The quantitative estimate of drug-likeness (QED) is 0.650. The largest absolute Gasteiger partial charge is 0.383 e. The highest BCUT2D eigenvalue weighted by Crippen LogP contribution is 2.05. The van der Waals surface area contributed by atoms with Gasteiger partial charge in [0.25, 0.3) is 0 Å². The van der Waals surface area contributed by atoms with Gasteiger partial charge in [0, 0.05) is 19.6 Å². The van der Waals surface area contributed by atoms with E-state index in [4.69, 9.17) is 0 Å². The first kappa shape index (κ1) is 17.7. The molecule has 1 aromatic carbocycles. The van der Waals surface area contributed by atoms with E-state index in [0.717, 1.165) is 32.5 Å². The zero-order valence-electron chi connectivity index (χ0n) is 13.2. The molecule has 1 amide bonds. The van der Waals surface area contributed by atoms with Crippen molar-refractivity contribution >= 4 is 5.91 Å². The molecule has 21 heavy (non-hydrogen) atoms. The molecule has 4 heteroatoms. The van der Waals surface area contributed by atoms with Gasteiger partial charge in [-0.1, -0.05) is 44.2 Å².